The summed E-state index contributed by atoms with van der Waals surface area (Å²) in [5.74, 6) is 2.42. The van der Waals surface area contributed by atoms with Crippen molar-refractivity contribution in [3.8, 4) is 23.8 Å². The van der Waals surface area contributed by atoms with Gasteiger partial charge in [0, 0.05) is 17.7 Å². The van der Waals surface area contributed by atoms with Gasteiger partial charge >= 0.3 is 5.97 Å². The molecular weight excluding hydrogens is 405 g/mol. The van der Waals surface area contributed by atoms with Crippen molar-refractivity contribution in [3.05, 3.63) is 57.6 Å². The Kier molecular flexibility index (Phi) is 8.00. The maximum atomic E-state index is 12.0. The van der Waals surface area contributed by atoms with Crippen LogP contribution in [-0.2, 0) is 21.0 Å². The van der Waals surface area contributed by atoms with E-state index in [1.807, 2.05) is 0 Å². The van der Waals surface area contributed by atoms with Gasteiger partial charge in [-0.2, -0.15) is 0 Å². The van der Waals surface area contributed by atoms with E-state index in [1.54, 1.807) is 36.4 Å². The number of oxime groups is 1. The molecule has 0 spiro atoms. The molecule has 0 heterocycles. The highest BCUT2D eigenvalue weighted by Crippen LogP contribution is 2.37. The highest BCUT2D eigenvalue weighted by atomic mass is 35.5. The van der Waals surface area contributed by atoms with Gasteiger partial charge < -0.3 is 19.0 Å². The Bertz CT molecular complexity index is 898. The number of methoxy groups -OCH3 is 1. The van der Waals surface area contributed by atoms with Gasteiger partial charge in [0.05, 0.1) is 17.2 Å². The minimum Gasteiger partial charge on any atom is -0.489 e. The summed E-state index contributed by atoms with van der Waals surface area (Å²) in [6.07, 6.45) is 5.17. The Morgan fingerprint density at radius 2 is 1.82 bits per heavy atom. The van der Waals surface area contributed by atoms with Crippen molar-refractivity contribution >= 4 is 34.9 Å². The zero-order valence-corrected chi connectivity index (χ0v) is 16.7. The molecule has 0 aromatic heterocycles. The lowest BCUT2D eigenvalue weighted by atomic mass is 10.0. The first-order valence-corrected chi connectivity index (χ1v) is 8.73. The van der Waals surface area contributed by atoms with Gasteiger partial charge in [-0.3, -0.25) is 0 Å². The molecular formula is C20H17Cl2NO5. The summed E-state index contributed by atoms with van der Waals surface area (Å²) in [6, 6.07) is 10.2. The molecule has 0 radical (unpaired) electrons. The van der Waals surface area contributed by atoms with E-state index < -0.39 is 5.97 Å². The molecule has 8 heteroatoms. The Balaban J connectivity index is 2.25. The monoisotopic (exact) mass is 421 g/mol. The molecule has 2 aromatic carbocycles. The minimum absolute atomic E-state index is 0.0262. The van der Waals surface area contributed by atoms with Crippen LogP contribution in [0.1, 0.15) is 11.1 Å². The third-order valence-electron chi connectivity index (χ3n) is 3.50. The quantitative estimate of drug-likeness (QED) is 0.277. The van der Waals surface area contributed by atoms with E-state index in [4.69, 9.17) is 48.7 Å². The first-order chi connectivity index (χ1) is 13.5. The molecule has 0 fully saturated rings. The summed E-state index contributed by atoms with van der Waals surface area (Å²) >= 11 is 12.4. The fourth-order valence-electron chi connectivity index (χ4n) is 2.29. The zero-order chi connectivity index (χ0) is 20.5. The molecule has 0 aliphatic rings. The van der Waals surface area contributed by atoms with Gasteiger partial charge in [0.2, 0.25) is 0 Å². The van der Waals surface area contributed by atoms with Gasteiger partial charge in [0.15, 0.2) is 11.5 Å². The highest BCUT2D eigenvalue weighted by Gasteiger charge is 2.19. The number of carbonyl (C=O) groups is 1. The summed E-state index contributed by atoms with van der Waals surface area (Å²) in [7, 11) is 2.61. The predicted octanol–water partition coefficient (Wildman–Crippen LogP) is 4.11. The van der Waals surface area contributed by atoms with Gasteiger partial charge in [-0.15, -0.1) is 6.42 Å². The van der Waals surface area contributed by atoms with Crippen molar-refractivity contribution in [2.45, 2.75) is 6.61 Å². The fraction of sp³-hybridized carbons (Fsp3) is 0.200. The third kappa shape index (κ3) is 5.32. The van der Waals surface area contributed by atoms with Crippen LogP contribution in [0.4, 0.5) is 0 Å². The second kappa shape index (κ2) is 10.5. The molecule has 6 nitrogen and oxygen atoms in total. The van der Waals surface area contributed by atoms with Crippen molar-refractivity contribution in [1.82, 2.24) is 0 Å². The predicted molar refractivity (Wildman–Crippen MR) is 107 cm³/mol. The largest absolute Gasteiger partial charge is 0.489 e. The van der Waals surface area contributed by atoms with Crippen molar-refractivity contribution in [3.63, 3.8) is 0 Å². The Labute approximate surface area is 172 Å². The molecule has 2 rings (SSSR count). The van der Waals surface area contributed by atoms with E-state index in [0.717, 1.165) is 0 Å². The molecule has 0 saturated heterocycles. The van der Waals surface area contributed by atoms with Crippen LogP contribution in [0, 0.1) is 12.3 Å². The minimum atomic E-state index is -0.629. The van der Waals surface area contributed by atoms with Crippen molar-refractivity contribution in [1.29, 1.82) is 0 Å². The van der Waals surface area contributed by atoms with Crippen molar-refractivity contribution < 1.29 is 23.8 Å². The number of halogens is 2. The number of esters is 1. The molecule has 2 aromatic rings. The number of hydrogen-bond acceptors (Lipinski definition) is 6. The lowest BCUT2D eigenvalue weighted by Gasteiger charge is -2.13. The van der Waals surface area contributed by atoms with Crippen LogP contribution in [0.25, 0.3) is 0 Å². The van der Waals surface area contributed by atoms with E-state index in [9.17, 15) is 4.79 Å². The number of carbonyl (C=O) groups excluding carboxylic acids is 1. The van der Waals surface area contributed by atoms with Crippen LogP contribution in [0.3, 0.4) is 0 Å². The van der Waals surface area contributed by atoms with Gasteiger partial charge in [0.1, 0.15) is 26.1 Å². The SMILES string of the molecule is C#CCOc1c(Cl)cc(OCc2ccccc2/C(=N\OC)C(=O)OC)cc1Cl. The Morgan fingerprint density at radius 1 is 1.14 bits per heavy atom. The van der Waals surface area contributed by atoms with Gasteiger partial charge in [-0.1, -0.05) is 58.5 Å². The maximum Gasteiger partial charge on any atom is 0.360 e. The van der Waals surface area contributed by atoms with Crippen LogP contribution in [0.15, 0.2) is 41.6 Å². The molecule has 0 bridgehead atoms. The first-order valence-electron chi connectivity index (χ1n) is 7.97. The molecule has 0 unspecified atom stereocenters. The van der Waals surface area contributed by atoms with Crippen LogP contribution in [0.5, 0.6) is 11.5 Å². The van der Waals surface area contributed by atoms with Gasteiger partial charge in [-0.25, -0.2) is 4.79 Å². The number of hydrogen-bond donors (Lipinski definition) is 0. The number of ether oxygens (including phenoxy) is 3. The van der Waals surface area contributed by atoms with E-state index in [2.05, 4.69) is 11.1 Å². The molecule has 0 saturated carbocycles. The number of terminal acetylenes is 1. The van der Waals surface area contributed by atoms with E-state index in [0.29, 0.717) is 16.9 Å². The molecule has 0 aliphatic heterocycles. The topological polar surface area (TPSA) is 66.3 Å². The highest BCUT2D eigenvalue weighted by molar-refractivity contribution is 6.43. The molecule has 28 heavy (non-hydrogen) atoms. The van der Waals surface area contributed by atoms with E-state index in [1.165, 1.54) is 14.2 Å². The second-order valence-corrected chi connectivity index (χ2v) is 6.08. The maximum absolute atomic E-state index is 12.0. The Hall–Kier alpha value is -2.88. The Morgan fingerprint density at radius 3 is 2.43 bits per heavy atom. The first kappa shape index (κ1) is 21.4. The summed E-state index contributed by atoms with van der Waals surface area (Å²) in [6.45, 7) is 0.162. The molecule has 0 N–H and O–H groups in total. The van der Waals surface area contributed by atoms with Crippen LogP contribution in [-0.4, -0.2) is 32.5 Å². The molecule has 146 valence electrons. The summed E-state index contributed by atoms with van der Waals surface area (Å²) in [5, 5.41) is 4.29. The van der Waals surface area contributed by atoms with E-state index >= 15 is 0 Å². The number of rotatable bonds is 8. The van der Waals surface area contributed by atoms with Crippen LogP contribution in [0.2, 0.25) is 10.0 Å². The van der Waals surface area contributed by atoms with Crippen molar-refractivity contribution in [2.75, 3.05) is 20.8 Å². The average Bonchev–Trinajstić information content (AvgIpc) is 2.69. The molecule has 0 aliphatic carbocycles. The zero-order valence-electron chi connectivity index (χ0n) is 15.2. The second-order valence-electron chi connectivity index (χ2n) is 5.27. The van der Waals surface area contributed by atoms with Crippen molar-refractivity contribution in [2.24, 2.45) is 5.16 Å². The number of benzene rings is 2. The molecule has 0 amide bonds. The smallest absolute Gasteiger partial charge is 0.360 e. The summed E-state index contributed by atoms with van der Waals surface area (Å²) in [4.78, 5) is 16.8. The lowest BCUT2D eigenvalue weighted by molar-refractivity contribution is -0.132. The lowest BCUT2D eigenvalue weighted by Crippen LogP contribution is -2.19. The molecule has 0 atom stereocenters. The fourth-order valence-corrected chi connectivity index (χ4v) is 2.87. The summed E-state index contributed by atoms with van der Waals surface area (Å²) in [5.41, 5.74) is 1.23. The standard InChI is InChI=1S/C20H17Cl2NO5/c1-4-9-27-19-16(21)10-14(11-17(19)22)28-12-13-7-5-6-8-15(13)18(23-26-3)20(24)25-2/h1,5-8,10-11H,9,12H2,2-3H3/b23-18+. The number of nitrogens with zero attached hydrogens (tertiary/aromatic N) is 1. The van der Waals surface area contributed by atoms with Gasteiger partial charge in [-0.05, 0) is 5.56 Å². The average molecular weight is 422 g/mol. The summed E-state index contributed by atoms with van der Waals surface area (Å²) < 4.78 is 15.9. The van der Waals surface area contributed by atoms with E-state index in [-0.39, 0.29) is 34.7 Å². The van der Waals surface area contributed by atoms with Crippen LogP contribution >= 0.6 is 23.2 Å². The third-order valence-corrected chi connectivity index (χ3v) is 4.06. The normalized spacial score (nSPS) is 10.8. The van der Waals surface area contributed by atoms with Gasteiger partial charge in [0.25, 0.3) is 0 Å². The van der Waals surface area contributed by atoms with Crippen LogP contribution < -0.4 is 9.47 Å².